The molecule has 0 amide bonds. The smallest absolute Gasteiger partial charge is 0.155 e. The maximum absolute atomic E-state index is 12.3. The van der Waals surface area contributed by atoms with Gasteiger partial charge in [-0.05, 0) is 68.3 Å². The maximum Gasteiger partial charge on any atom is 0.155 e. The summed E-state index contributed by atoms with van der Waals surface area (Å²) >= 11 is 0. The van der Waals surface area contributed by atoms with Crippen molar-refractivity contribution in [3.63, 3.8) is 0 Å². The molecule has 0 aromatic heterocycles. The van der Waals surface area contributed by atoms with Gasteiger partial charge in [0.25, 0.3) is 0 Å². The second-order valence-electron chi connectivity index (χ2n) is 7.72. The van der Waals surface area contributed by atoms with E-state index in [-0.39, 0.29) is 5.41 Å². The minimum atomic E-state index is -0.00707. The molecule has 4 aliphatic carbocycles. The van der Waals surface area contributed by atoms with E-state index in [2.05, 4.69) is 6.92 Å². The minimum absolute atomic E-state index is 0.00707. The Morgan fingerprint density at radius 2 is 1.85 bits per heavy atom. The molecule has 0 aliphatic heterocycles. The highest BCUT2D eigenvalue weighted by Crippen LogP contribution is 2.60. The number of carbonyl (C=O) groups is 2. The lowest BCUT2D eigenvalue weighted by molar-refractivity contribution is -0.131. The van der Waals surface area contributed by atoms with E-state index in [9.17, 15) is 9.59 Å². The summed E-state index contributed by atoms with van der Waals surface area (Å²) in [5, 5.41) is 0. The van der Waals surface area contributed by atoms with Crippen LogP contribution in [0, 0.1) is 29.1 Å². The van der Waals surface area contributed by atoms with Gasteiger partial charge in [-0.25, -0.2) is 0 Å². The van der Waals surface area contributed by atoms with Crippen LogP contribution >= 0.6 is 0 Å². The van der Waals surface area contributed by atoms with E-state index in [1.807, 2.05) is 6.08 Å². The fraction of sp³-hybridized carbons (Fsp3) is 0.778. The molecule has 2 heteroatoms. The van der Waals surface area contributed by atoms with Gasteiger partial charge < -0.3 is 0 Å². The number of hydrogen-bond donors (Lipinski definition) is 0. The number of hydrogen-bond acceptors (Lipinski definition) is 2. The molecule has 0 spiro atoms. The van der Waals surface area contributed by atoms with Crippen LogP contribution in [0.2, 0.25) is 0 Å². The largest absolute Gasteiger partial charge is 0.299 e. The molecule has 108 valence electrons. The fourth-order valence-corrected chi connectivity index (χ4v) is 5.95. The molecule has 0 aromatic rings. The summed E-state index contributed by atoms with van der Waals surface area (Å²) in [5.41, 5.74) is 1.43. The Kier molecular flexibility index (Phi) is 2.74. The summed E-state index contributed by atoms with van der Waals surface area (Å²) in [5.74, 6) is 3.66. The van der Waals surface area contributed by atoms with Gasteiger partial charge in [-0.15, -0.1) is 0 Å². The summed E-state index contributed by atoms with van der Waals surface area (Å²) in [6, 6.07) is 0. The highest BCUT2D eigenvalue weighted by atomic mass is 16.1. The highest BCUT2D eigenvalue weighted by Gasteiger charge is 2.55. The van der Waals surface area contributed by atoms with Crippen LogP contribution in [0.5, 0.6) is 0 Å². The standard InChI is InChI=1S/C18H24O2/c1-18-9-8-14-13-5-3-12(19)10-11(13)2-4-15(14)16(18)6-7-17(18)20/h10,13-16H,2-9H2,1H3/t13-,14+,15-,16-,18-/m0/s1. The van der Waals surface area contributed by atoms with Crippen LogP contribution in [0.25, 0.3) is 0 Å². The summed E-state index contributed by atoms with van der Waals surface area (Å²) in [6.45, 7) is 2.24. The zero-order chi connectivity index (χ0) is 13.9. The predicted octanol–water partition coefficient (Wildman–Crippen LogP) is 3.70. The van der Waals surface area contributed by atoms with Crippen LogP contribution in [-0.4, -0.2) is 11.6 Å². The quantitative estimate of drug-likeness (QED) is 0.674. The van der Waals surface area contributed by atoms with Crippen molar-refractivity contribution in [1.82, 2.24) is 0 Å². The summed E-state index contributed by atoms with van der Waals surface area (Å²) in [4.78, 5) is 23.9. The van der Waals surface area contributed by atoms with Crippen molar-refractivity contribution in [2.45, 2.75) is 58.3 Å². The molecule has 5 atom stereocenters. The van der Waals surface area contributed by atoms with Crippen molar-refractivity contribution in [3.05, 3.63) is 11.6 Å². The first-order valence-corrected chi connectivity index (χ1v) is 8.36. The molecule has 0 unspecified atom stereocenters. The van der Waals surface area contributed by atoms with Crippen LogP contribution in [0.15, 0.2) is 11.6 Å². The van der Waals surface area contributed by atoms with Gasteiger partial charge in [0, 0.05) is 18.3 Å². The topological polar surface area (TPSA) is 34.1 Å². The molecule has 2 nitrogen and oxygen atoms in total. The van der Waals surface area contributed by atoms with Crippen LogP contribution in [0.4, 0.5) is 0 Å². The van der Waals surface area contributed by atoms with Gasteiger partial charge >= 0.3 is 0 Å². The van der Waals surface area contributed by atoms with Crippen LogP contribution in [0.1, 0.15) is 58.3 Å². The molecule has 3 saturated carbocycles. The highest BCUT2D eigenvalue weighted by molar-refractivity contribution is 5.91. The molecule has 20 heavy (non-hydrogen) atoms. The van der Waals surface area contributed by atoms with Crippen molar-refractivity contribution >= 4 is 11.6 Å². The van der Waals surface area contributed by atoms with Crippen molar-refractivity contribution in [2.24, 2.45) is 29.1 Å². The van der Waals surface area contributed by atoms with E-state index in [1.54, 1.807) is 0 Å². The Labute approximate surface area is 121 Å². The number of ketones is 2. The first-order chi connectivity index (χ1) is 9.59. The van der Waals surface area contributed by atoms with E-state index < -0.39 is 0 Å². The van der Waals surface area contributed by atoms with Gasteiger partial charge in [-0.3, -0.25) is 9.59 Å². The molecular weight excluding hydrogens is 248 g/mol. The average molecular weight is 272 g/mol. The van der Waals surface area contributed by atoms with Crippen molar-refractivity contribution in [2.75, 3.05) is 0 Å². The zero-order valence-corrected chi connectivity index (χ0v) is 12.4. The number of allylic oxidation sites excluding steroid dienone is 1. The molecule has 0 N–H and O–H groups in total. The molecular formula is C18H24O2. The lowest BCUT2D eigenvalue weighted by atomic mass is 9.52. The SMILES string of the molecule is C[C@]12CC[C@H]3[C@H](CCC4=CC(=O)CC[C@@H]43)[C@@H]1CCC2=O. The summed E-state index contributed by atoms with van der Waals surface area (Å²) in [7, 11) is 0. The van der Waals surface area contributed by atoms with Crippen molar-refractivity contribution in [3.8, 4) is 0 Å². The Bertz CT molecular complexity index is 504. The number of Topliss-reactive ketones (excluding diaryl/α,β-unsaturated/α-hetero) is 1. The van der Waals surface area contributed by atoms with Crippen LogP contribution in [-0.2, 0) is 9.59 Å². The minimum Gasteiger partial charge on any atom is -0.299 e. The Morgan fingerprint density at radius 3 is 2.70 bits per heavy atom. The average Bonchev–Trinajstić information content (AvgIpc) is 2.74. The Hall–Kier alpha value is -0.920. The molecule has 3 fully saturated rings. The second kappa shape index (κ2) is 4.29. The number of carbonyl (C=O) groups excluding carboxylic acids is 2. The normalized spacial score (nSPS) is 47.4. The summed E-state index contributed by atoms with van der Waals surface area (Å²) in [6.07, 6.45) is 10.3. The van der Waals surface area contributed by atoms with E-state index in [0.717, 1.165) is 50.4 Å². The first kappa shape index (κ1) is 12.8. The van der Waals surface area contributed by atoms with Gasteiger partial charge in [0.2, 0.25) is 0 Å². The molecule has 0 heterocycles. The molecule has 0 aromatic carbocycles. The number of rotatable bonds is 0. The van der Waals surface area contributed by atoms with Gasteiger partial charge in [-0.1, -0.05) is 12.5 Å². The van der Waals surface area contributed by atoms with E-state index in [4.69, 9.17) is 0 Å². The fourth-order valence-electron chi connectivity index (χ4n) is 5.95. The number of fused-ring (bicyclic) bond motifs is 5. The van der Waals surface area contributed by atoms with E-state index in [1.165, 1.54) is 18.4 Å². The van der Waals surface area contributed by atoms with Gasteiger partial charge in [0.1, 0.15) is 5.78 Å². The third kappa shape index (κ3) is 1.63. The monoisotopic (exact) mass is 272 g/mol. The second-order valence-corrected chi connectivity index (χ2v) is 7.72. The lowest BCUT2D eigenvalue weighted by Gasteiger charge is -2.52. The molecule has 4 rings (SSSR count). The van der Waals surface area contributed by atoms with Gasteiger partial charge in [0.15, 0.2) is 5.78 Å². The van der Waals surface area contributed by atoms with E-state index in [0.29, 0.717) is 23.4 Å². The third-order valence-electron chi connectivity index (χ3n) is 7.01. The molecule has 4 aliphatic rings. The molecule has 0 bridgehead atoms. The Balaban J connectivity index is 1.65. The lowest BCUT2D eigenvalue weighted by Crippen LogP contribution is -2.46. The third-order valence-corrected chi connectivity index (χ3v) is 7.01. The van der Waals surface area contributed by atoms with E-state index >= 15 is 0 Å². The van der Waals surface area contributed by atoms with Gasteiger partial charge in [0.05, 0.1) is 0 Å². The van der Waals surface area contributed by atoms with Crippen molar-refractivity contribution in [1.29, 1.82) is 0 Å². The van der Waals surface area contributed by atoms with Gasteiger partial charge in [-0.2, -0.15) is 0 Å². The van der Waals surface area contributed by atoms with Crippen LogP contribution in [0.3, 0.4) is 0 Å². The van der Waals surface area contributed by atoms with Crippen molar-refractivity contribution < 1.29 is 9.59 Å². The Morgan fingerprint density at radius 1 is 1.00 bits per heavy atom. The predicted molar refractivity (Wildman–Crippen MR) is 77.1 cm³/mol. The first-order valence-electron chi connectivity index (χ1n) is 8.36. The molecule has 0 radical (unpaired) electrons. The zero-order valence-electron chi connectivity index (χ0n) is 12.4. The maximum atomic E-state index is 12.3. The molecule has 0 saturated heterocycles. The summed E-state index contributed by atoms with van der Waals surface area (Å²) < 4.78 is 0. The van der Waals surface area contributed by atoms with Crippen LogP contribution < -0.4 is 0 Å².